The first-order valence-corrected chi connectivity index (χ1v) is 11.9. The third-order valence-electron chi connectivity index (χ3n) is 5.73. The van der Waals surface area contributed by atoms with E-state index in [1.54, 1.807) is 36.4 Å². The van der Waals surface area contributed by atoms with Gasteiger partial charge in [-0.05, 0) is 62.2 Å². The summed E-state index contributed by atoms with van der Waals surface area (Å²) in [6, 6.07) is 10.8. The molecule has 3 rings (SSSR count). The summed E-state index contributed by atoms with van der Waals surface area (Å²) in [7, 11) is 1.51. The highest BCUT2D eigenvalue weighted by atomic mass is 16.5. The van der Waals surface area contributed by atoms with Crippen LogP contribution in [0, 0.1) is 0 Å². The molecular weight excluding hydrogens is 480 g/mol. The zero-order valence-electron chi connectivity index (χ0n) is 21.0. The van der Waals surface area contributed by atoms with Crippen molar-refractivity contribution in [3.63, 3.8) is 0 Å². The van der Waals surface area contributed by atoms with Gasteiger partial charge in [0.2, 0.25) is 11.8 Å². The highest BCUT2D eigenvalue weighted by Crippen LogP contribution is 2.30. The van der Waals surface area contributed by atoms with Crippen molar-refractivity contribution in [2.45, 2.75) is 32.7 Å². The third kappa shape index (κ3) is 6.66. The summed E-state index contributed by atoms with van der Waals surface area (Å²) in [5.41, 5.74) is 1.18. The van der Waals surface area contributed by atoms with Crippen LogP contribution in [0.4, 0.5) is 5.69 Å². The van der Waals surface area contributed by atoms with Gasteiger partial charge in [-0.15, -0.1) is 0 Å². The average molecular weight is 511 g/mol. The number of amides is 3. The van der Waals surface area contributed by atoms with Crippen LogP contribution in [0.5, 0.6) is 17.2 Å². The second kappa shape index (κ2) is 12.6. The maximum Gasteiger partial charge on any atom is 0.328 e. The summed E-state index contributed by atoms with van der Waals surface area (Å²) < 4.78 is 16.4. The summed E-state index contributed by atoms with van der Waals surface area (Å²) in [6.45, 7) is 4.71. The molecule has 1 N–H and O–H groups in total. The second-order valence-corrected chi connectivity index (χ2v) is 8.09. The van der Waals surface area contributed by atoms with Crippen LogP contribution in [0.2, 0.25) is 0 Å². The lowest BCUT2D eigenvalue weighted by molar-refractivity contribution is -0.135. The molecule has 0 aromatic heterocycles. The van der Waals surface area contributed by atoms with E-state index in [2.05, 4.69) is 0 Å². The molecule has 3 amide bonds. The first-order chi connectivity index (χ1) is 17.8. The molecule has 1 atom stereocenters. The molecular formula is C27H30N2O8. The summed E-state index contributed by atoms with van der Waals surface area (Å²) in [4.78, 5) is 52.4. The van der Waals surface area contributed by atoms with E-state index in [0.29, 0.717) is 48.6 Å². The number of nitrogens with zero attached hydrogens (tertiary/aromatic N) is 2. The number of hydrogen-bond acceptors (Lipinski definition) is 7. The number of carbonyl (C=O) groups excluding carboxylic acids is 3. The number of rotatable bonds is 12. The van der Waals surface area contributed by atoms with Crippen molar-refractivity contribution in [2.75, 3.05) is 31.8 Å². The van der Waals surface area contributed by atoms with E-state index in [4.69, 9.17) is 19.3 Å². The maximum atomic E-state index is 13.3. The molecule has 1 heterocycles. The first kappa shape index (κ1) is 27.3. The molecule has 2 aromatic carbocycles. The molecule has 10 nitrogen and oxygen atoms in total. The fourth-order valence-electron chi connectivity index (χ4n) is 4.02. The number of carboxylic acids is 1. The quantitative estimate of drug-likeness (QED) is 0.342. The molecule has 1 unspecified atom stereocenters. The van der Waals surface area contributed by atoms with E-state index in [1.165, 1.54) is 12.0 Å². The van der Waals surface area contributed by atoms with E-state index in [-0.39, 0.29) is 13.0 Å². The average Bonchev–Trinajstić information content (AvgIpc) is 3.18. The van der Waals surface area contributed by atoms with Crippen molar-refractivity contribution in [3.8, 4) is 17.2 Å². The lowest BCUT2D eigenvalue weighted by atomic mass is 10.1. The topological polar surface area (TPSA) is 123 Å². The van der Waals surface area contributed by atoms with Crippen molar-refractivity contribution >= 4 is 29.4 Å². The van der Waals surface area contributed by atoms with Crippen LogP contribution in [0.3, 0.4) is 0 Å². The fraction of sp³-hybridized carbons (Fsp3) is 0.333. The van der Waals surface area contributed by atoms with Gasteiger partial charge in [0.15, 0.2) is 11.5 Å². The van der Waals surface area contributed by atoms with E-state index >= 15 is 0 Å². The van der Waals surface area contributed by atoms with E-state index in [1.807, 2.05) is 19.9 Å². The highest BCUT2D eigenvalue weighted by Gasteiger charge is 2.44. The number of carboxylic acid groups (broad SMARTS) is 1. The molecule has 0 bridgehead atoms. The molecule has 37 heavy (non-hydrogen) atoms. The molecule has 2 aromatic rings. The Morgan fingerprint density at radius 1 is 1.03 bits per heavy atom. The van der Waals surface area contributed by atoms with Crippen LogP contribution in [-0.2, 0) is 25.6 Å². The number of ether oxygens (including phenoxy) is 3. The van der Waals surface area contributed by atoms with Crippen LogP contribution in [-0.4, -0.2) is 66.6 Å². The van der Waals surface area contributed by atoms with E-state index in [0.717, 1.165) is 16.5 Å². The normalized spacial score (nSPS) is 15.2. The minimum Gasteiger partial charge on any atom is -0.497 e. The number of hydrogen-bond donors (Lipinski definition) is 1. The number of methoxy groups -OCH3 is 1. The minimum atomic E-state index is -1.30. The Morgan fingerprint density at radius 2 is 1.70 bits per heavy atom. The Hall–Kier alpha value is -4.34. The van der Waals surface area contributed by atoms with Gasteiger partial charge < -0.3 is 24.2 Å². The van der Waals surface area contributed by atoms with Gasteiger partial charge in [-0.1, -0.05) is 6.07 Å². The van der Waals surface area contributed by atoms with Crippen molar-refractivity contribution in [3.05, 3.63) is 60.2 Å². The number of aliphatic carboxylic acids is 1. The summed E-state index contributed by atoms with van der Waals surface area (Å²) >= 11 is 0. The van der Waals surface area contributed by atoms with Crippen LogP contribution in [0.1, 0.15) is 25.8 Å². The predicted octanol–water partition coefficient (Wildman–Crippen LogP) is 2.84. The van der Waals surface area contributed by atoms with Gasteiger partial charge in [0.25, 0.3) is 5.91 Å². The number of anilines is 1. The number of imide groups is 1. The Labute approximate surface area is 215 Å². The summed E-state index contributed by atoms with van der Waals surface area (Å²) in [5, 5.41) is 8.97. The number of benzene rings is 2. The zero-order chi connectivity index (χ0) is 26.9. The Morgan fingerprint density at radius 3 is 2.32 bits per heavy atom. The van der Waals surface area contributed by atoms with Gasteiger partial charge in [-0.2, -0.15) is 0 Å². The molecule has 0 spiro atoms. The van der Waals surface area contributed by atoms with Crippen LogP contribution < -0.4 is 19.1 Å². The predicted molar refractivity (Wildman–Crippen MR) is 135 cm³/mol. The molecule has 0 aliphatic carbocycles. The minimum absolute atomic E-state index is 0.0719. The first-order valence-electron chi connectivity index (χ1n) is 11.9. The molecule has 196 valence electrons. The summed E-state index contributed by atoms with van der Waals surface area (Å²) in [6.07, 6.45) is 1.71. The largest absolute Gasteiger partial charge is 0.497 e. The monoisotopic (exact) mass is 510 g/mol. The molecule has 10 heteroatoms. The standard InChI is InChI=1S/C27H30N2O8/c1-4-36-22-11-6-18(16-23(22)37-5-2)14-15-28(24(30)12-13-26(32)33)21-17-25(31)29(27(21)34)19-7-9-20(35-3)10-8-19/h6-13,16,21H,4-5,14-15,17H2,1-3H3,(H,32,33). The van der Waals surface area contributed by atoms with Crippen molar-refractivity contribution in [1.82, 2.24) is 4.90 Å². The van der Waals surface area contributed by atoms with Crippen LogP contribution in [0.15, 0.2) is 54.6 Å². The van der Waals surface area contributed by atoms with Crippen molar-refractivity contribution in [2.24, 2.45) is 0 Å². The smallest absolute Gasteiger partial charge is 0.328 e. The zero-order valence-corrected chi connectivity index (χ0v) is 21.0. The van der Waals surface area contributed by atoms with Gasteiger partial charge in [-0.25, -0.2) is 9.69 Å². The van der Waals surface area contributed by atoms with Gasteiger partial charge >= 0.3 is 5.97 Å². The van der Waals surface area contributed by atoms with E-state index < -0.39 is 29.7 Å². The Bertz CT molecular complexity index is 1180. The van der Waals surface area contributed by atoms with Gasteiger partial charge in [-0.3, -0.25) is 14.4 Å². The van der Waals surface area contributed by atoms with Gasteiger partial charge in [0, 0.05) is 18.7 Å². The van der Waals surface area contributed by atoms with Gasteiger partial charge in [0.05, 0.1) is 32.4 Å². The van der Waals surface area contributed by atoms with Crippen molar-refractivity contribution < 1.29 is 38.5 Å². The maximum absolute atomic E-state index is 13.3. The fourth-order valence-corrected chi connectivity index (χ4v) is 4.02. The number of carbonyl (C=O) groups is 4. The van der Waals surface area contributed by atoms with Crippen LogP contribution in [0.25, 0.3) is 0 Å². The third-order valence-corrected chi connectivity index (χ3v) is 5.73. The van der Waals surface area contributed by atoms with E-state index in [9.17, 15) is 19.2 Å². The summed E-state index contributed by atoms with van der Waals surface area (Å²) in [5.74, 6) is -1.28. The van der Waals surface area contributed by atoms with Crippen LogP contribution >= 0.6 is 0 Å². The molecule has 1 aliphatic heterocycles. The molecule has 1 fully saturated rings. The van der Waals surface area contributed by atoms with Gasteiger partial charge in [0.1, 0.15) is 11.8 Å². The lowest BCUT2D eigenvalue weighted by Gasteiger charge is -2.27. The molecule has 0 saturated carbocycles. The molecule has 1 aliphatic rings. The second-order valence-electron chi connectivity index (χ2n) is 8.09. The SMILES string of the molecule is CCOc1ccc(CCN(C(=O)C=CC(=O)O)C2CC(=O)N(c3ccc(OC)cc3)C2=O)cc1OCC. The Kier molecular flexibility index (Phi) is 9.26. The molecule has 0 radical (unpaired) electrons. The van der Waals surface area contributed by atoms with Crippen molar-refractivity contribution in [1.29, 1.82) is 0 Å². The molecule has 1 saturated heterocycles. The lowest BCUT2D eigenvalue weighted by Crippen LogP contribution is -2.46. The highest BCUT2D eigenvalue weighted by molar-refractivity contribution is 6.23. The Balaban J connectivity index is 1.85.